The second-order valence-electron chi connectivity index (χ2n) is 4.84. The Morgan fingerprint density at radius 2 is 2.00 bits per heavy atom. The normalized spacial score (nSPS) is 12.2. The fraction of sp³-hybridized carbons (Fsp3) is 0.267. The molecule has 3 amide bonds. The van der Waals surface area contributed by atoms with Crippen LogP contribution in [0.25, 0.3) is 6.08 Å². The molecule has 3 N–H and O–H groups in total. The number of ether oxygens (including phenoxy) is 1. The second-order valence-corrected chi connectivity index (χ2v) is 5.76. The van der Waals surface area contributed by atoms with Crippen LogP contribution in [0.15, 0.2) is 34.8 Å². The van der Waals surface area contributed by atoms with Gasteiger partial charge in [-0.05, 0) is 29.7 Å². The molecule has 0 spiro atoms. The van der Waals surface area contributed by atoms with Gasteiger partial charge < -0.3 is 10.5 Å². The van der Waals surface area contributed by atoms with E-state index >= 15 is 0 Å². The summed E-state index contributed by atoms with van der Waals surface area (Å²) in [6, 6.07) is 6.33. The van der Waals surface area contributed by atoms with Crippen molar-refractivity contribution in [1.29, 1.82) is 0 Å². The number of esters is 1. The number of nitrogens with two attached hydrogens (primary N) is 1. The van der Waals surface area contributed by atoms with Gasteiger partial charge in [-0.25, -0.2) is 9.59 Å². The number of halogens is 1. The predicted molar refractivity (Wildman–Crippen MR) is 85.6 cm³/mol. The van der Waals surface area contributed by atoms with Crippen LogP contribution in [-0.4, -0.2) is 24.0 Å². The summed E-state index contributed by atoms with van der Waals surface area (Å²) in [6.07, 6.45) is 1.69. The lowest BCUT2D eigenvalue weighted by atomic mass is 10.1. The number of amides is 3. The molecule has 0 aliphatic heterocycles. The van der Waals surface area contributed by atoms with Crippen molar-refractivity contribution < 1.29 is 19.1 Å². The molecule has 1 rings (SSSR count). The molecule has 0 fully saturated rings. The average molecular weight is 369 g/mol. The van der Waals surface area contributed by atoms with Gasteiger partial charge in [0.25, 0.3) is 5.91 Å². The first-order valence-electron chi connectivity index (χ1n) is 6.54. The van der Waals surface area contributed by atoms with Crippen LogP contribution in [0, 0.1) is 5.92 Å². The smallest absolute Gasteiger partial charge is 0.331 e. The first-order valence-corrected chi connectivity index (χ1v) is 7.33. The van der Waals surface area contributed by atoms with Crippen LogP contribution < -0.4 is 11.1 Å². The Balaban J connectivity index is 2.71. The molecule has 22 heavy (non-hydrogen) atoms. The standard InChI is InChI=1S/C15H17BrN2O4/c1-9(2)13(14(20)18-15(17)21)22-12(19)7-6-10-4-3-5-11(16)8-10/h3-9,13H,1-2H3,(H3,17,18,20,21)/b7-6+/t13-/m0/s1. The zero-order valence-corrected chi connectivity index (χ0v) is 13.8. The molecule has 1 atom stereocenters. The third kappa shape index (κ3) is 6.09. The molecule has 0 aromatic heterocycles. The zero-order valence-electron chi connectivity index (χ0n) is 12.2. The molecule has 0 unspecified atom stereocenters. The van der Waals surface area contributed by atoms with Crippen molar-refractivity contribution in [2.45, 2.75) is 20.0 Å². The molecule has 0 saturated heterocycles. The number of carbonyl (C=O) groups is 3. The highest BCUT2D eigenvalue weighted by atomic mass is 79.9. The molecule has 1 aromatic carbocycles. The molecule has 7 heteroatoms. The van der Waals surface area contributed by atoms with Gasteiger partial charge in [-0.1, -0.05) is 41.9 Å². The van der Waals surface area contributed by atoms with E-state index in [0.29, 0.717) is 0 Å². The monoisotopic (exact) mass is 368 g/mol. The molecule has 1 aromatic rings. The van der Waals surface area contributed by atoms with Gasteiger partial charge in [-0.15, -0.1) is 0 Å². The van der Waals surface area contributed by atoms with E-state index in [9.17, 15) is 14.4 Å². The van der Waals surface area contributed by atoms with Crippen molar-refractivity contribution in [3.8, 4) is 0 Å². The van der Waals surface area contributed by atoms with Gasteiger partial charge in [-0.3, -0.25) is 10.1 Å². The van der Waals surface area contributed by atoms with E-state index < -0.39 is 24.0 Å². The summed E-state index contributed by atoms with van der Waals surface area (Å²) in [5, 5.41) is 1.90. The molecule has 0 radical (unpaired) electrons. The van der Waals surface area contributed by atoms with Crippen molar-refractivity contribution in [1.82, 2.24) is 5.32 Å². The summed E-state index contributed by atoms with van der Waals surface area (Å²) in [5.41, 5.74) is 5.68. The highest BCUT2D eigenvalue weighted by molar-refractivity contribution is 9.10. The number of nitrogens with one attached hydrogen (secondary N) is 1. The number of hydrogen-bond acceptors (Lipinski definition) is 4. The van der Waals surface area contributed by atoms with Crippen LogP contribution in [0.1, 0.15) is 19.4 Å². The quantitative estimate of drug-likeness (QED) is 0.614. The van der Waals surface area contributed by atoms with Crippen LogP contribution in [-0.2, 0) is 14.3 Å². The molecular weight excluding hydrogens is 352 g/mol. The maximum absolute atomic E-state index is 11.8. The number of primary amides is 1. The number of carbonyl (C=O) groups excluding carboxylic acids is 3. The van der Waals surface area contributed by atoms with Crippen molar-refractivity contribution in [2.24, 2.45) is 11.7 Å². The van der Waals surface area contributed by atoms with Crippen LogP contribution >= 0.6 is 15.9 Å². The van der Waals surface area contributed by atoms with Crippen molar-refractivity contribution in [3.63, 3.8) is 0 Å². The molecule has 0 heterocycles. The van der Waals surface area contributed by atoms with Gasteiger partial charge >= 0.3 is 12.0 Å². The average Bonchev–Trinajstić information content (AvgIpc) is 2.41. The first kappa shape index (κ1) is 17.9. The third-order valence-corrected chi connectivity index (χ3v) is 3.11. The van der Waals surface area contributed by atoms with Crippen LogP contribution in [0.4, 0.5) is 4.79 Å². The first-order chi connectivity index (χ1) is 10.3. The maximum atomic E-state index is 11.8. The highest BCUT2D eigenvalue weighted by Gasteiger charge is 2.26. The lowest BCUT2D eigenvalue weighted by Gasteiger charge is -2.18. The lowest BCUT2D eigenvalue weighted by Crippen LogP contribution is -2.45. The number of rotatable bonds is 5. The molecule has 0 bridgehead atoms. The largest absolute Gasteiger partial charge is 0.449 e. The Kier molecular flexibility index (Phi) is 6.78. The van der Waals surface area contributed by atoms with Gasteiger partial charge in [-0.2, -0.15) is 0 Å². The second kappa shape index (κ2) is 8.33. The lowest BCUT2D eigenvalue weighted by molar-refractivity contribution is -0.153. The van der Waals surface area contributed by atoms with E-state index in [1.807, 2.05) is 29.6 Å². The minimum Gasteiger partial charge on any atom is -0.449 e. The Hall–Kier alpha value is -2.15. The Morgan fingerprint density at radius 3 is 2.55 bits per heavy atom. The van der Waals surface area contributed by atoms with E-state index in [4.69, 9.17) is 10.5 Å². The Bertz CT molecular complexity index is 599. The number of benzene rings is 1. The zero-order chi connectivity index (χ0) is 16.7. The fourth-order valence-corrected chi connectivity index (χ4v) is 2.04. The maximum Gasteiger partial charge on any atom is 0.331 e. The van der Waals surface area contributed by atoms with Crippen molar-refractivity contribution >= 4 is 39.9 Å². The van der Waals surface area contributed by atoms with Crippen LogP contribution in [0.3, 0.4) is 0 Å². The summed E-state index contributed by atoms with van der Waals surface area (Å²) < 4.78 is 5.95. The topological polar surface area (TPSA) is 98.5 Å². The molecule has 6 nitrogen and oxygen atoms in total. The Morgan fingerprint density at radius 1 is 1.32 bits per heavy atom. The predicted octanol–water partition coefficient (Wildman–Crippen LogP) is 2.23. The Labute approximate surface area is 136 Å². The molecule has 118 valence electrons. The number of imide groups is 1. The summed E-state index contributed by atoms with van der Waals surface area (Å²) in [5.74, 6) is -1.73. The van der Waals surface area contributed by atoms with E-state index in [2.05, 4.69) is 15.9 Å². The van der Waals surface area contributed by atoms with Gasteiger partial charge in [0.1, 0.15) is 0 Å². The SMILES string of the molecule is CC(C)[C@H](OC(=O)/C=C/c1cccc(Br)c1)C(=O)NC(N)=O. The van der Waals surface area contributed by atoms with E-state index in [-0.39, 0.29) is 5.92 Å². The summed E-state index contributed by atoms with van der Waals surface area (Å²) in [7, 11) is 0. The minimum absolute atomic E-state index is 0.303. The molecular formula is C15H17BrN2O4. The van der Waals surface area contributed by atoms with Gasteiger partial charge in [0.15, 0.2) is 6.10 Å². The molecule has 0 aliphatic carbocycles. The van der Waals surface area contributed by atoms with E-state index in [0.717, 1.165) is 10.0 Å². The van der Waals surface area contributed by atoms with Gasteiger partial charge in [0, 0.05) is 10.5 Å². The number of hydrogen-bond donors (Lipinski definition) is 2. The third-order valence-electron chi connectivity index (χ3n) is 2.61. The van der Waals surface area contributed by atoms with Gasteiger partial charge in [0.05, 0.1) is 0 Å². The van der Waals surface area contributed by atoms with Crippen LogP contribution in [0.2, 0.25) is 0 Å². The van der Waals surface area contributed by atoms with Gasteiger partial charge in [0.2, 0.25) is 0 Å². The number of urea groups is 1. The summed E-state index contributed by atoms with van der Waals surface area (Å²) in [4.78, 5) is 34.2. The van der Waals surface area contributed by atoms with Crippen molar-refractivity contribution in [3.05, 3.63) is 40.4 Å². The highest BCUT2D eigenvalue weighted by Crippen LogP contribution is 2.13. The minimum atomic E-state index is -1.09. The molecule has 0 saturated carbocycles. The van der Waals surface area contributed by atoms with Crippen molar-refractivity contribution in [2.75, 3.05) is 0 Å². The van der Waals surface area contributed by atoms with E-state index in [1.165, 1.54) is 6.08 Å². The summed E-state index contributed by atoms with van der Waals surface area (Å²) in [6.45, 7) is 3.38. The summed E-state index contributed by atoms with van der Waals surface area (Å²) >= 11 is 3.32. The fourth-order valence-electron chi connectivity index (χ4n) is 1.62. The van der Waals surface area contributed by atoms with Crippen LogP contribution in [0.5, 0.6) is 0 Å². The molecule has 0 aliphatic rings. The van der Waals surface area contributed by atoms with E-state index in [1.54, 1.807) is 19.9 Å².